The Hall–Kier alpha value is -0.890. The highest BCUT2D eigenvalue weighted by molar-refractivity contribution is 9.10. The number of Topliss-reactive ketones (excluding diaryl/α,β-unsaturated/α-hetero) is 1. The Labute approximate surface area is 111 Å². The quantitative estimate of drug-likeness (QED) is 0.816. The van der Waals surface area contributed by atoms with Crippen LogP contribution in [0.3, 0.4) is 0 Å². The van der Waals surface area contributed by atoms with E-state index in [4.69, 9.17) is 0 Å². The Balaban J connectivity index is 2.63. The van der Waals surface area contributed by atoms with Crippen LogP contribution in [-0.4, -0.2) is 34.8 Å². The Bertz CT molecular complexity index is 417. The Morgan fingerprint density at radius 3 is 2.78 bits per heavy atom. The van der Waals surface area contributed by atoms with Crippen molar-refractivity contribution >= 4 is 21.7 Å². The molecule has 1 N–H and O–H groups in total. The summed E-state index contributed by atoms with van der Waals surface area (Å²) in [5.74, 6) is -0.419. The van der Waals surface area contributed by atoms with E-state index in [1.54, 1.807) is 0 Å². The van der Waals surface area contributed by atoms with Crippen molar-refractivity contribution in [3.63, 3.8) is 0 Å². The zero-order valence-corrected chi connectivity index (χ0v) is 11.3. The Morgan fingerprint density at radius 1 is 1.56 bits per heavy atom. The van der Waals surface area contributed by atoms with Gasteiger partial charge < -0.3 is 5.32 Å². The van der Waals surface area contributed by atoms with Gasteiger partial charge in [0, 0.05) is 6.54 Å². The summed E-state index contributed by atoms with van der Waals surface area (Å²) in [5, 5.41) is 6.06. The van der Waals surface area contributed by atoms with Gasteiger partial charge in [-0.05, 0) is 22.4 Å². The summed E-state index contributed by atoms with van der Waals surface area (Å²) in [7, 11) is 0. The molecule has 0 aliphatic rings. The van der Waals surface area contributed by atoms with E-state index in [1.807, 2.05) is 6.92 Å². The number of carbonyl (C=O) groups excluding carboxylic acids is 1. The highest BCUT2D eigenvalue weighted by Gasteiger charge is 2.27. The van der Waals surface area contributed by atoms with Crippen LogP contribution in [0, 0.1) is 0 Å². The van der Waals surface area contributed by atoms with Gasteiger partial charge in [-0.3, -0.25) is 9.48 Å². The second-order valence-electron chi connectivity index (χ2n) is 3.71. The summed E-state index contributed by atoms with van der Waals surface area (Å²) in [6, 6.07) is 0. The molecule has 1 aromatic heterocycles. The molecule has 0 saturated carbocycles. The second-order valence-corrected chi connectivity index (χ2v) is 4.56. The predicted octanol–water partition coefficient (Wildman–Crippen LogP) is 2.39. The fourth-order valence-electron chi connectivity index (χ4n) is 1.42. The molecule has 0 aliphatic heterocycles. The third-order valence-electron chi connectivity index (χ3n) is 2.11. The van der Waals surface area contributed by atoms with Crippen LogP contribution in [0.15, 0.2) is 10.7 Å². The van der Waals surface area contributed by atoms with Crippen LogP contribution < -0.4 is 5.32 Å². The molecule has 0 bridgehead atoms. The van der Waals surface area contributed by atoms with Crippen LogP contribution in [-0.2, 0) is 6.54 Å². The highest BCUT2D eigenvalue weighted by Crippen LogP contribution is 2.17. The summed E-state index contributed by atoms with van der Waals surface area (Å²) >= 11 is 3.16. The highest BCUT2D eigenvalue weighted by atomic mass is 79.9. The minimum atomic E-state index is -4.32. The largest absolute Gasteiger partial charge is 0.401 e. The molecule has 102 valence electrons. The lowest BCUT2D eigenvalue weighted by atomic mass is 10.2. The van der Waals surface area contributed by atoms with Crippen molar-refractivity contribution in [2.24, 2.45) is 0 Å². The van der Waals surface area contributed by atoms with Gasteiger partial charge in [-0.1, -0.05) is 6.92 Å². The number of alkyl halides is 3. The fraction of sp³-hybridized carbons (Fsp3) is 0.600. The van der Waals surface area contributed by atoms with E-state index in [1.165, 1.54) is 10.9 Å². The minimum absolute atomic E-state index is 0.298. The van der Waals surface area contributed by atoms with Crippen molar-refractivity contribution in [1.29, 1.82) is 0 Å². The molecule has 1 heterocycles. The van der Waals surface area contributed by atoms with E-state index in [2.05, 4.69) is 26.3 Å². The molecule has 0 amide bonds. The van der Waals surface area contributed by atoms with Gasteiger partial charge in [0.15, 0.2) is 5.78 Å². The lowest BCUT2D eigenvalue weighted by Crippen LogP contribution is -2.33. The van der Waals surface area contributed by atoms with Gasteiger partial charge in [0.25, 0.3) is 0 Å². The molecule has 1 aromatic rings. The van der Waals surface area contributed by atoms with Crippen molar-refractivity contribution < 1.29 is 18.0 Å². The average molecular weight is 328 g/mol. The predicted molar refractivity (Wildman–Crippen MR) is 63.5 cm³/mol. The summed E-state index contributed by atoms with van der Waals surface area (Å²) in [4.78, 5) is 11.8. The molecule has 0 unspecified atom stereocenters. The van der Waals surface area contributed by atoms with E-state index in [9.17, 15) is 18.0 Å². The molecule has 1 rings (SSSR count). The van der Waals surface area contributed by atoms with Gasteiger partial charge in [-0.15, -0.1) is 0 Å². The monoisotopic (exact) mass is 327 g/mol. The number of halogens is 4. The topological polar surface area (TPSA) is 46.9 Å². The number of rotatable bonds is 6. The zero-order chi connectivity index (χ0) is 13.8. The molecule has 18 heavy (non-hydrogen) atoms. The first-order chi connectivity index (χ1) is 8.35. The standard InChI is InChI=1S/C10H13BrF3N3O/c1-2-3-17-9(7(11)4-16-17)8(18)5-15-6-10(12,13)14/h4,15H,2-3,5-6H2,1H3. The lowest BCUT2D eigenvalue weighted by molar-refractivity contribution is -0.124. The van der Waals surface area contributed by atoms with Gasteiger partial charge in [-0.25, -0.2) is 0 Å². The van der Waals surface area contributed by atoms with Crippen molar-refractivity contribution in [2.75, 3.05) is 13.1 Å². The average Bonchev–Trinajstić information content (AvgIpc) is 2.58. The zero-order valence-electron chi connectivity index (χ0n) is 9.72. The van der Waals surface area contributed by atoms with E-state index in [0.29, 0.717) is 16.7 Å². The summed E-state index contributed by atoms with van der Waals surface area (Å²) in [5.41, 5.74) is 0.298. The van der Waals surface area contributed by atoms with Gasteiger partial charge in [0.2, 0.25) is 0 Å². The summed E-state index contributed by atoms with van der Waals surface area (Å²) in [6.07, 6.45) is -2.07. The van der Waals surface area contributed by atoms with Crippen LogP contribution in [0.1, 0.15) is 23.8 Å². The smallest absolute Gasteiger partial charge is 0.301 e. The number of ketones is 1. The lowest BCUT2D eigenvalue weighted by Gasteiger charge is -2.09. The second kappa shape index (κ2) is 6.33. The van der Waals surface area contributed by atoms with E-state index >= 15 is 0 Å². The molecular formula is C10H13BrF3N3O. The molecule has 0 radical (unpaired) electrons. The number of hydrogen-bond acceptors (Lipinski definition) is 3. The molecule has 0 aromatic carbocycles. The van der Waals surface area contributed by atoms with Crippen molar-refractivity contribution in [3.05, 3.63) is 16.4 Å². The van der Waals surface area contributed by atoms with Crippen LogP contribution in [0.5, 0.6) is 0 Å². The number of carbonyl (C=O) groups is 1. The molecular weight excluding hydrogens is 315 g/mol. The van der Waals surface area contributed by atoms with E-state index in [-0.39, 0.29) is 6.54 Å². The molecule has 0 atom stereocenters. The Kier molecular flexibility index (Phi) is 5.33. The Morgan fingerprint density at radius 2 is 2.22 bits per heavy atom. The van der Waals surface area contributed by atoms with Gasteiger partial charge in [0.05, 0.1) is 23.8 Å². The van der Waals surface area contributed by atoms with Crippen LogP contribution in [0.25, 0.3) is 0 Å². The van der Waals surface area contributed by atoms with Gasteiger partial charge in [0.1, 0.15) is 5.69 Å². The van der Waals surface area contributed by atoms with Gasteiger partial charge >= 0.3 is 6.18 Å². The molecule has 0 spiro atoms. The van der Waals surface area contributed by atoms with Crippen molar-refractivity contribution in [1.82, 2.24) is 15.1 Å². The normalized spacial score (nSPS) is 11.8. The first kappa shape index (κ1) is 15.2. The third kappa shape index (κ3) is 4.41. The number of nitrogens with zero attached hydrogens (tertiary/aromatic N) is 2. The van der Waals surface area contributed by atoms with Gasteiger partial charge in [-0.2, -0.15) is 18.3 Å². The fourth-order valence-corrected chi connectivity index (χ4v) is 1.94. The number of aryl methyl sites for hydroxylation is 1. The third-order valence-corrected chi connectivity index (χ3v) is 2.69. The van der Waals surface area contributed by atoms with Crippen molar-refractivity contribution in [2.45, 2.75) is 26.1 Å². The first-order valence-electron chi connectivity index (χ1n) is 5.37. The SMILES string of the molecule is CCCn1ncc(Br)c1C(=O)CNCC(F)(F)F. The van der Waals surface area contributed by atoms with E-state index < -0.39 is 18.5 Å². The maximum Gasteiger partial charge on any atom is 0.401 e. The summed E-state index contributed by atoms with van der Waals surface area (Å²) in [6.45, 7) is 0.920. The van der Waals surface area contributed by atoms with Crippen LogP contribution in [0.2, 0.25) is 0 Å². The molecule has 0 aliphatic carbocycles. The maximum atomic E-state index is 11.9. The van der Waals surface area contributed by atoms with Crippen molar-refractivity contribution in [3.8, 4) is 0 Å². The maximum absolute atomic E-state index is 11.9. The molecule has 0 fully saturated rings. The molecule has 8 heteroatoms. The summed E-state index contributed by atoms with van der Waals surface area (Å²) < 4.78 is 37.8. The van der Waals surface area contributed by atoms with E-state index in [0.717, 1.165) is 6.42 Å². The van der Waals surface area contributed by atoms with Crippen LogP contribution in [0.4, 0.5) is 13.2 Å². The first-order valence-corrected chi connectivity index (χ1v) is 6.16. The number of aromatic nitrogens is 2. The molecule has 4 nitrogen and oxygen atoms in total. The minimum Gasteiger partial charge on any atom is -0.301 e. The number of hydrogen-bond donors (Lipinski definition) is 1. The molecule has 0 saturated heterocycles. The number of nitrogens with one attached hydrogen (secondary N) is 1. The van der Waals surface area contributed by atoms with Crippen LogP contribution >= 0.6 is 15.9 Å².